The minimum atomic E-state index is -0.687. The van der Waals surface area contributed by atoms with E-state index in [2.05, 4.69) is 10.6 Å². The predicted octanol–water partition coefficient (Wildman–Crippen LogP) is 0.640. The van der Waals surface area contributed by atoms with Crippen molar-refractivity contribution >= 4 is 17.5 Å². The number of nitrogens with two attached hydrogens (primary N) is 1. The molecule has 1 atom stereocenters. The third-order valence-corrected chi connectivity index (χ3v) is 2.46. The van der Waals surface area contributed by atoms with E-state index in [1.54, 1.807) is 20.0 Å². The van der Waals surface area contributed by atoms with Gasteiger partial charge in [0, 0.05) is 12.7 Å². The first-order chi connectivity index (χ1) is 7.95. The number of nitrogens with one attached hydrogen (secondary N) is 2. The molecule has 4 N–H and O–H groups in total. The van der Waals surface area contributed by atoms with E-state index in [0.29, 0.717) is 5.56 Å². The number of carbonyl (C=O) groups excluding carboxylic acids is 2. The lowest BCUT2D eigenvalue weighted by atomic mass is 10.1. The maximum Gasteiger partial charge on any atom is 0.254 e. The lowest BCUT2D eigenvalue weighted by molar-refractivity contribution is -0.119. The second-order valence-electron chi connectivity index (χ2n) is 3.90. The molecule has 0 saturated heterocycles. The molecule has 1 aromatic rings. The molecule has 0 saturated carbocycles. The van der Waals surface area contributed by atoms with E-state index in [1.807, 2.05) is 19.1 Å². The number of hydrogen-bond donors (Lipinski definition) is 3. The Morgan fingerprint density at radius 3 is 2.53 bits per heavy atom. The fourth-order valence-electron chi connectivity index (χ4n) is 1.41. The smallest absolute Gasteiger partial charge is 0.254 e. The van der Waals surface area contributed by atoms with Gasteiger partial charge in [0.05, 0.1) is 5.56 Å². The van der Waals surface area contributed by atoms with Gasteiger partial charge in [0.2, 0.25) is 5.91 Å². The first-order valence-corrected chi connectivity index (χ1v) is 5.34. The van der Waals surface area contributed by atoms with Crippen LogP contribution in [0.25, 0.3) is 0 Å². The van der Waals surface area contributed by atoms with Crippen LogP contribution < -0.4 is 16.4 Å². The summed E-state index contributed by atoms with van der Waals surface area (Å²) in [6.45, 7) is 3.49. The summed E-state index contributed by atoms with van der Waals surface area (Å²) in [4.78, 5) is 22.8. The SMILES string of the molecule is CNc1cc(C)ccc1C(=O)NC(C)C(N)=O. The molecule has 5 nitrogen and oxygen atoms in total. The lowest BCUT2D eigenvalue weighted by Gasteiger charge is -2.13. The summed E-state index contributed by atoms with van der Waals surface area (Å²) in [5.74, 6) is -0.878. The zero-order chi connectivity index (χ0) is 13.0. The summed E-state index contributed by atoms with van der Waals surface area (Å²) >= 11 is 0. The highest BCUT2D eigenvalue weighted by Crippen LogP contribution is 2.16. The summed E-state index contributed by atoms with van der Waals surface area (Å²) in [5, 5.41) is 5.48. The molecule has 92 valence electrons. The molecule has 17 heavy (non-hydrogen) atoms. The maximum atomic E-state index is 11.9. The maximum absolute atomic E-state index is 11.9. The molecule has 0 aromatic heterocycles. The Bertz CT molecular complexity index is 443. The van der Waals surface area contributed by atoms with E-state index >= 15 is 0 Å². The van der Waals surface area contributed by atoms with E-state index in [1.165, 1.54) is 0 Å². The van der Waals surface area contributed by atoms with Crippen molar-refractivity contribution in [2.24, 2.45) is 5.73 Å². The Labute approximate surface area is 100 Å². The third kappa shape index (κ3) is 3.21. The van der Waals surface area contributed by atoms with Gasteiger partial charge in [0.15, 0.2) is 0 Å². The van der Waals surface area contributed by atoms with Gasteiger partial charge in [-0.3, -0.25) is 9.59 Å². The average molecular weight is 235 g/mol. The standard InChI is InChI=1S/C12H17N3O2/c1-7-4-5-9(10(6-7)14-3)12(17)15-8(2)11(13)16/h4-6,8,14H,1-3H3,(H2,13,16)(H,15,17). The Morgan fingerprint density at radius 2 is 2.00 bits per heavy atom. The number of anilines is 1. The van der Waals surface area contributed by atoms with Crippen LogP contribution in [-0.4, -0.2) is 24.9 Å². The minimum absolute atomic E-state index is 0.319. The predicted molar refractivity (Wildman–Crippen MR) is 66.8 cm³/mol. The van der Waals surface area contributed by atoms with Crippen LogP contribution in [0.3, 0.4) is 0 Å². The quantitative estimate of drug-likeness (QED) is 0.716. The molecule has 0 radical (unpaired) electrons. The Balaban J connectivity index is 2.92. The van der Waals surface area contributed by atoms with Gasteiger partial charge in [-0.25, -0.2) is 0 Å². The highest BCUT2D eigenvalue weighted by molar-refractivity contribution is 6.01. The summed E-state index contributed by atoms with van der Waals surface area (Å²) in [5.41, 5.74) is 7.35. The fraction of sp³-hybridized carbons (Fsp3) is 0.333. The van der Waals surface area contributed by atoms with Crippen LogP contribution in [-0.2, 0) is 4.79 Å². The largest absolute Gasteiger partial charge is 0.387 e. The topological polar surface area (TPSA) is 84.2 Å². The molecule has 0 aliphatic carbocycles. The van der Waals surface area contributed by atoms with Gasteiger partial charge in [0.1, 0.15) is 6.04 Å². The van der Waals surface area contributed by atoms with Gasteiger partial charge in [-0.2, -0.15) is 0 Å². The Hall–Kier alpha value is -2.04. The molecule has 0 aliphatic heterocycles. The van der Waals surface area contributed by atoms with Gasteiger partial charge in [0.25, 0.3) is 5.91 Å². The zero-order valence-electron chi connectivity index (χ0n) is 10.2. The molecule has 0 aliphatic rings. The van der Waals surface area contributed by atoms with Crippen LogP contribution in [0.5, 0.6) is 0 Å². The summed E-state index contributed by atoms with van der Waals surface area (Å²) in [6, 6.07) is 4.73. The van der Waals surface area contributed by atoms with Gasteiger partial charge in [-0.05, 0) is 31.5 Å². The van der Waals surface area contributed by atoms with Crippen molar-refractivity contribution < 1.29 is 9.59 Å². The van der Waals surface area contributed by atoms with Crippen LogP contribution in [0.1, 0.15) is 22.8 Å². The average Bonchev–Trinajstić information content (AvgIpc) is 2.28. The monoisotopic (exact) mass is 235 g/mol. The van der Waals surface area contributed by atoms with Crippen LogP contribution >= 0.6 is 0 Å². The highest BCUT2D eigenvalue weighted by atomic mass is 16.2. The van der Waals surface area contributed by atoms with Gasteiger partial charge >= 0.3 is 0 Å². The van der Waals surface area contributed by atoms with E-state index in [9.17, 15) is 9.59 Å². The molecule has 0 fully saturated rings. The second-order valence-corrected chi connectivity index (χ2v) is 3.90. The molecule has 2 amide bonds. The first-order valence-electron chi connectivity index (χ1n) is 5.34. The van der Waals surface area contributed by atoms with Crippen molar-refractivity contribution in [1.29, 1.82) is 0 Å². The molecule has 1 aromatic carbocycles. The molecule has 1 unspecified atom stereocenters. The Morgan fingerprint density at radius 1 is 1.35 bits per heavy atom. The lowest BCUT2D eigenvalue weighted by Crippen LogP contribution is -2.42. The van der Waals surface area contributed by atoms with Crippen molar-refractivity contribution in [3.05, 3.63) is 29.3 Å². The molecule has 1 rings (SSSR count). The number of primary amides is 1. The van der Waals surface area contributed by atoms with Crippen LogP contribution in [0.2, 0.25) is 0 Å². The number of carbonyl (C=O) groups is 2. The normalized spacial score (nSPS) is 11.7. The Kier molecular flexibility index (Phi) is 4.09. The van der Waals surface area contributed by atoms with Crippen molar-refractivity contribution in [2.45, 2.75) is 19.9 Å². The van der Waals surface area contributed by atoms with Gasteiger partial charge in [-0.1, -0.05) is 6.07 Å². The van der Waals surface area contributed by atoms with Crippen molar-refractivity contribution in [3.8, 4) is 0 Å². The summed E-state index contributed by atoms with van der Waals surface area (Å²) < 4.78 is 0. The van der Waals surface area contributed by atoms with Gasteiger partial charge < -0.3 is 16.4 Å². The van der Waals surface area contributed by atoms with E-state index < -0.39 is 11.9 Å². The molecular formula is C12H17N3O2. The number of benzene rings is 1. The number of aryl methyl sites for hydroxylation is 1. The van der Waals surface area contributed by atoms with Crippen molar-refractivity contribution in [2.75, 3.05) is 12.4 Å². The summed E-state index contributed by atoms with van der Waals surface area (Å²) in [6.07, 6.45) is 0. The fourth-order valence-corrected chi connectivity index (χ4v) is 1.41. The first kappa shape index (κ1) is 13.0. The van der Waals surface area contributed by atoms with E-state index in [0.717, 1.165) is 11.3 Å². The highest BCUT2D eigenvalue weighted by Gasteiger charge is 2.16. The summed E-state index contributed by atoms with van der Waals surface area (Å²) in [7, 11) is 1.74. The van der Waals surface area contributed by atoms with Crippen molar-refractivity contribution in [3.63, 3.8) is 0 Å². The van der Waals surface area contributed by atoms with Gasteiger partial charge in [-0.15, -0.1) is 0 Å². The molecule has 5 heteroatoms. The molecule has 0 bridgehead atoms. The molecule has 0 heterocycles. The van der Waals surface area contributed by atoms with Crippen LogP contribution in [0, 0.1) is 6.92 Å². The molecular weight excluding hydrogens is 218 g/mol. The second kappa shape index (κ2) is 5.34. The minimum Gasteiger partial charge on any atom is -0.387 e. The number of amides is 2. The number of rotatable bonds is 4. The van der Waals surface area contributed by atoms with E-state index in [-0.39, 0.29) is 5.91 Å². The van der Waals surface area contributed by atoms with Crippen LogP contribution in [0.15, 0.2) is 18.2 Å². The number of hydrogen-bond acceptors (Lipinski definition) is 3. The van der Waals surface area contributed by atoms with Crippen molar-refractivity contribution in [1.82, 2.24) is 5.32 Å². The van der Waals surface area contributed by atoms with E-state index in [4.69, 9.17) is 5.73 Å². The van der Waals surface area contributed by atoms with Crippen LogP contribution in [0.4, 0.5) is 5.69 Å². The third-order valence-electron chi connectivity index (χ3n) is 2.46. The zero-order valence-corrected chi connectivity index (χ0v) is 10.2. The molecule has 0 spiro atoms.